The van der Waals surface area contributed by atoms with Gasteiger partial charge in [0.2, 0.25) is 5.95 Å². The summed E-state index contributed by atoms with van der Waals surface area (Å²) >= 11 is 1.81. The predicted molar refractivity (Wildman–Crippen MR) is 71.0 cm³/mol. The topological polar surface area (TPSA) is 37.8 Å². The van der Waals surface area contributed by atoms with Gasteiger partial charge in [-0.15, -0.1) is 11.8 Å². The molecular weight excluding hydrogens is 218 g/mol. The fourth-order valence-electron chi connectivity index (χ4n) is 1.09. The number of nitrogens with zero attached hydrogens (tertiary/aromatic N) is 2. The fraction of sp³-hybridized carbons (Fsp3) is 0.667. The number of rotatable bonds is 7. The van der Waals surface area contributed by atoms with Gasteiger partial charge in [-0.05, 0) is 18.4 Å². The first-order chi connectivity index (χ1) is 7.76. The standard InChI is InChI=1S/C12H21N3S/c1-4-7-13-12-14-8-6-11(15-12)16-9-10(3)5-2/h6,8,10H,4-5,7,9H2,1-3H3,(H,13,14,15). The van der Waals surface area contributed by atoms with Crippen molar-refractivity contribution >= 4 is 17.7 Å². The Morgan fingerprint density at radius 1 is 1.44 bits per heavy atom. The minimum atomic E-state index is 0.743. The lowest BCUT2D eigenvalue weighted by Gasteiger charge is -2.08. The van der Waals surface area contributed by atoms with E-state index in [0.29, 0.717) is 0 Å². The zero-order valence-electron chi connectivity index (χ0n) is 10.4. The Morgan fingerprint density at radius 2 is 2.25 bits per heavy atom. The maximum atomic E-state index is 4.46. The van der Waals surface area contributed by atoms with E-state index in [2.05, 4.69) is 36.1 Å². The van der Waals surface area contributed by atoms with Crippen molar-refractivity contribution in [3.63, 3.8) is 0 Å². The summed E-state index contributed by atoms with van der Waals surface area (Å²) in [4.78, 5) is 8.65. The lowest BCUT2D eigenvalue weighted by atomic mass is 10.2. The van der Waals surface area contributed by atoms with E-state index < -0.39 is 0 Å². The summed E-state index contributed by atoms with van der Waals surface area (Å²) in [5, 5.41) is 4.26. The Hall–Kier alpha value is -0.770. The molecule has 0 aliphatic carbocycles. The molecule has 0 aliphatic rings. The SMILES string of the molecule is CCCNc1nccc(SCC(C)CC)n1. The van der Waals surface area contributed by atoms with Crippen LogP contribution in [0.3, 0.4) is 0 Å². The zero-order valence-corrected chi connectivity index (χ0v) is 11.2. The minimum absolute atomic E-state index is 0.743. The molecule has 1 rings (SSSR count). The third-order valence-electron chi connectivity index (χ3n) is 2.38. The number of nitrogens with one attached hydrogen (secondary N) is 1. The maximum absolute atomic E-state index is 4.46. The summed E-state index contributed by atoms with van der Waals surface area (Å²) in [6, 6.07) is 1.98. The molecular formula is C12H21N3S. The van der Waals surface area contributed by atoms with Crippen LogP contribution in [0, 0.1) is 5.92 Å². The first-order valence-electron chi connectivity index (χ1n) is 5.96. The number of hydrogen-bond donors (Lipinski definition) is 1. The third-order valence-corrected chi connectivity index (χ3v) is 3.63. The van der Waals surface area contributed by atoms with Gasteiger partial charge >= 0.3 is 0 Å². The first kappa shape index (κ1) is 13.3. The van der Waals surface area contributed by atoms with Gasteiger partial charge in [-0.1, -0.05) is 27.2 Å². The molecule has 0 saturated heterocycles. The molecule has 1 atom stereocenters. The minimum Gasteiger partial charge on any atom is -0.354 e. The van der Waals surface area contributed by atoms with E-state index in [1.165, 1.54) is 6.42 Å². The van der Waals surface area contributed by atoms with Crippen molar-refractivity contribution in [3.05, 3.63) is 12.3 Å². The van der Waals surface area contributed by atoms with Crippen LogP contribution in [0.15, 0.2) is 17.3 Å². The van der Waals surface area contributed by atoms with Crippen LogP contribution in [-0.2, 0) is 0 Å². The first-order valence-corrected chi connectivity index (χ1v) is 6.94. The van der Waals surface area contributed by atoms with Crippen molar-refractivity contribution in [3.8, 4) is 0 Å². The average molecular weight is 239 g/mol. The van der Waals surface area contributed by atoms with Crippen LogP contribution in [0.1, 0.15) is 33.6 Å². The Balaban J connectivity index is 2.46. The number of aromatic nitrogens is 2. The van der Waals surface area contributed by atoms with Crippen LogP contribution in [0.25, 0.3) is 0 Å². The monoisotopic (exact) mass is 239 g/mol. The Morgan fingerprint density at radius 3 is 2.94 bits per heavy atom. The molecule has 16 heavy (non-hydrogen) atoms. The summed E-state index contributed by atoms with van der Waals surface area (Å²) in [7, 11) is 0. The van der Waals surface area contributed by atoms with Gasteiger partial charge in [0, 0.05) is 18.5 Å². The molecule has 0 fully saturated rings. The maximum Gasteiger partial charge on any atom is 0.223 e. The predicted octanol–water partition coefficient (Wildman–Crippen LogP) is 3.44. The number of thioether (sulfide) groups is 1. The molecule has 0 aliphatic heterocycles. The van der Waals surface area contributed by atoms with Crippen LogP contribution >= 0.6 is 11.8 Å². The van der Waals surface area contributed by atoms with E-state index in [0.717, 1.165) is 35.6 Å². The molecule has 0 saturated carbocycles. The van der Waals surface area contributed by atoms with Crippen molar-refractivity contribution in [1.82, 2.24) is 9.97 Å². The lowest BCUT2D eigenvalue weighted by Crippen LogP contribution is -2.04. The summed E-state index contributed by atoms with van der Waals surface area (Å²) in [6.45, 7) is 7.55. The molecule has 1 aromatic heterocycles. The van der Waals surface area contributed by atoms with Crippen LogP contribution in [-0.4, -0.2) is 22.3 Å². The van der Waals surface area contributed by atoms with E-state index in [4.69, 9.17) is 0 Å². The van der Waals surface area contributed by atoms with Crippen molar-refractivity contribution in [2.24, 2.45) is 5.92 Å². The second-order valence-corrected chi connectivity index (χ2v) is 5.01. The Kier molecular flexibility index (Phi) is 6.23. The quantitative estimate of drug-likeness (QED) is 0.584. The van der Waals surface area contributed by atoms with Crippen LogP contribution in [0.5, 0.6) is 0 Å². The Bertz CT molecular complexity index is 304. The molecule has 1 unspecified atom stereocenters. The smallest absolute Gasteiger partial charge is 0.223 e. The van der Waals surface area contributed by atoms with E-state index >= 15 is 0 Å². The summed E-state index contributed by atoms with van der Waals surface area (Å²) in [5.74, 6) is 2.61. The highest BCUT2D eigenvalue weighted by Gasteiger charge is 2.03. The van der Waals surface area contributed by atoms with Gasteiger partial charge in [0.25, 0.3) is 0 Å². The molecule has 90 valence electrons. The molecule has 3 nitrogen and oxygen atoms in total. The van der Waals surface area contributed by atoms with Gasteiger partial charge in [0.1, 0.15) is 5.03 Å². The number of anilines is 1. The normalized spacial score (nSPS) is 12.4. The average Bonchev–Trinajstić information content (AvgIpc) is 2.34. The molecule has 1 aromatic rings. The van der Waals surface area contributed by atoms with Gasteiger partial charge < -0.3 is 5.32 Å². The summed E-state index contributed by atoms with van der Waals surface area (Å²) < 4.78 is 0. The van der Waals surface area contributed by atoms with Crippen molar-refractivity contribution in [2.45, 2.75) is 38.6 Å². The van der Waals surface area contributed by atoms with E-state index in [1.807, 2.05) is 24.0 Å². The van der Waals surface area contributed by atoms with Crippen molar-refractivity contribution in [1.29, 1.82) is 0 Å². The highest BCUT2D eigenvalue weighted by Crippen LogP contribution is 2.20. The molecule has 0 bridgehead atoms. The molecule has 0 aromatic carbocycles. The van der Waals surface area contributed by atoms with Gasteiger partial charge in [-0.2, -0.15) is 0 Å². The van der Waals surface area contributed by atoms with Gasteiger partial charge in [-0.3, -0.25) is 0 Å². The highest BCUT2D eigenvalue weighted by molar-refractivity contribution is 7.99. The van der Waals surface area contributed by atoms with Crippen molar-refractivity contribution < 1.29 is 0 Å². The van der Waals surface area contributed by atoms with Crippen molar-refractivity contribution in [2.75, 3.05) is 17.6 Å². The second kappa shape index (κ2) is 7.49. The molecule has 0 radical (unpaired) electrons. The number of hydrogen-bond acceptors (Lipinski definition) is 4. The molecule has 1 heterocycles. The van der Waals surface area contributed by atoms with Crippen LogP contribution < -0.4 is 5.32 Å². The van der Waals surface area contributed by atoms with Crippen LogP contribution in [0.2, 0.25) is 0 Å². The highest BCUT2D eigenvalue weighted by atomic mass is 32.2. The summed E-state index contributed by atoms with van der Waals surface area (Å²) in [6.07, 6.45) is 4.14. The van der Waals surface area contributed by atoms with Gasteiger partial charge in [0.05, 0.1) is 0 Å². The van der Waals surface area contributed by atoms with Gasteiger partial charge in [-0.25, -0.2) is 9.97 Å². The third kappa shape index (κ3) is 4.84. The molecule has 0 spiro atoms. The molecule has 1 N–H and O–H groups in total. The molecule has 4 heteroatoms. The van der Waals surface area contributed by atoms with Gasteiger partial charge in [0.15, 0.2) is 0 Å². The van der Waals surface area contributed by atoms with E-state index in [-0.39, 0.29) is 0 Å². The lowest BCUT2D eigenvalue weighted by molar-refractivity contribution is 0.636. The van der Waals surface area contributed by atoms with Crippen LogP contribution in [0.4, 0.5) is 5.95 Å². The second-order valence-electron chi connectivity index (χ2n) is 3.97. The summed E-state index contributed by atoms with van der Waals surface area (Å²) in [5.41, 5.74) is 0. The van der Waals surface area contributed by atoms with E-state index in [1.54, 1.807) is 0 Å². The zero-order chi connectivity index (χ0) is 11.8. The fourth-order valence-corrected chi connectivity index (χ4v) is 2.09. The Labute approximate surface area is 102 Å². The van der Waals surface area contributed by atoms with E-state index in [9.17, 15) is 0 Å². The largest absolute Gasteiger partial charge is 0.354 e. The molecule has 0 amide bonds.